The lowest BCUT2D eigenvalue weighted by atomic mass is 9.82. The fourth-order valence-electron chi connectivity index (χ4n) is 3.69. The van der Waals surface area contributed by atoms with Crippen LogP contribution in [0.25, 0.3) is 0 Å². The molecule has 148 valence electrons. The first kappa shape index (κ1) is 20.1. The van der Waals surface area contributed by atoms with Crippen molar-refractivity contribution < 1.29 is 9.59 Å². The second kappa shape index (κ2) is 10.0. The van der Waals surface area contributed by atoms with Crippen LogP contribution in [0.5, 0.6) is 0 Å². The quantitative estimate of drug-likeness (QED) is 0.776. The molecule has 5 nitrogen and oxygen atoms in total. The smallest absolute Gasteiger partial charge is 0.243 e. The summed E-state index contributed by atoms with van der Waals surface area (Å²) in [6, 6.07) is 13.0. The van der Waals surface area contributed by atoms with Crippen LogP contribution < -0.4 is 10.6 Å². The van der Waals surface area contributed by atoms with Crippen LogP contribution in [0.1, 0.15) is 43.7 Å². The third-order valence-electron chi connectivity index (χ3n) is 5.49. The zero-order valence-corrected chi connectivity index (χ0v) is 16.4. The highest BCUT2D eigenvalue weighted by molar-refractivity contribution is 5.88. The predicted molar refractivity (Wildman–Crippen MR) is 109 cm³/mol. The van der Waals surface area contributed by atoms with E-state index in [1.165, 1.54) is 0 Å². The molecular weight excluding hydrogens is 350 g/mol. The van der Waals surface area contributed by atoms with E-state index in [9.17, 15) is 9.59 Å². The number of pyridine rings is 1. The van der Waals surface area contributed by atoms with Gasteiger partial charge in [0.1, 0.15) is 6.04 Å². The zero-order valence-electron chi connectivity index (χ0n) is 16.4. The van der Waals surface area contributed by atoms with E-state index in [4.69, 9.17) is 0 Å². The molecule has 1 aliphatic rings. The molecule has 1 saturated carbocycles. The van der Waals surface area contributed by atoms with Crippen LogP contribution >= 0.6 is 0 Å². The van der Waals surface area contributed by atoms with Crippen LogP contribution in [-0.4, -0.2) is 22.8 Å². The standard InChI is InChI=1S/C23H29N3O2/c1-17-9-11-20(12-10-17)22(27)26-21(14-18-6-3-2-4-7-18)23(28)25-16-19-8-5-13-24-15-19/h2-8,13,15,17,20-21H,9-12,14,16H2,1H3,(H,25,28)(H,26,27)/t17?,20?,21-/m1/s1. The molecule has 5 heteroatoms. The summed E-state index contributed by atoms with van der Waals surface area (Å²) in [5, 5.41) is 5.96. The summed E-state index contributed by atoms with van der Waals surface area (Å²) in [5.74, 6) is 0.544. The predicted octanol–water partition coefficient (Wildman–Crippen LogP) is 3.25. The fraction of sp³-hybridized carbons (Fsp3) is 0.435. The van der Waals surface area contributed by atoms with Gasteiger partial charge in [-0.2, -0.15) is 0 Å². The van der Waals surface area contributed by atoms with Gasteiger partial charge in [0.15, 0.2) is 0 Å². The number of nitrogens with one attached hydrogen (secondary N) is 2. The van der Waals surface area contributed by atoms with Crippen molar-refractivity contribution in [1.29, 1.82) is 0 Å². The van der Waals surface area contributed by atoms with Crippen LogP contribution in [0.3, 0.4) is 0 Å². The van der Waals surface area contributed by atoms with Crippen molar-refractivity contribution in [3.05, 3.63) is 66.0 Å². The molecule has 1 aliphatic carbocycles. The van der Waals surface area contributed by atoms with Crippen molar-refractivity contribution in [3.8, 4) is 0 Å². The molecule has 1 heterocycles. The number of hydrogen-bond donors (Lipinski definition) is 2. The van der Waals surface area contributed by atoms with E-state index in [0.29, 0.717) is 18.9 Å². The number of hydrogen-bond acceptors (Lipinski definition) is 3. The number of amides is 2. The number of nitrogens with zero attached hydrogens (tertiary/aromatic N) is 1. The summed E-state index contributed by atoms with van der Waals surface area (Å²) in [7, 11) is 0. The molecule has 1 aromatic heterocycles. The molecule has 3 rings (SSSR count). The highest BCUT2D eigenvalue weighted by Gasteiger charge is 2.28. The molecule has 2 amide bonds. The fourth-order valence-corrected chi connectivity index (χ4v) is 3.69. The summed E-state index contributed by atoms with van der Waals surface area (Å²) in [4.78, 5) is 29.7. The van der Waals surface area contributed by atoms with Crippen LogP contribution in [0.4, 0.5) is 0 Å². The molecule has 1 atom stereocenters. The van der Waals surface area contributed by atoms with Gasteiger partial charge in [-0.15, -0.1) is 0 Å². The van der Waals surface area contributed by atoms with E-state index in [2.05, 4.69) is 22.5 Å². The molecule has 28 heavy (non-hydrogen) atoms. The van der Waals surface area contributed by atoms with Gasteiger partial charge in [-0.1, -0.05) is 43.3 Å². The summed E-state index contributed by atoms with van der Waals surface area (Å²) in [5.41, 5.74) is 1.96. The highest BCUT2D eigenvalue weighted by Crippen LogP contribution is 2.28. The minimum atomic E-state index is -0.578. The van der Waals surface area contributed by atoms with Crippen molar-refractivity contribution in [3.63, 3.8) is 0 Å². The average Bonchev–Trinajstić information content (AvgIpc) is 2.73. The molecule has 0 saturated heterocycles. The van der Waals surface area contributed by atoms with E-state index < -0.39 is 6.04 Å². The lowest BCUT2D eigenvalue weighted by molar-refractivity contribution is -0.132. The third-order valence-corrected chi connectivity index (χ3v) is 5.49. The summed E-state index contributed by atoms with van der Waals surface area (Å²) >= 11 is 0. The lowest BCUT2D eigenvalue weighted by Gasteiger charge is -2.27. The Kier molecular flexibility index (Phi) is 7.18. The van der Waals surface area contributed by atoms with E-state index in [1.54, 1.807) is 12.4 Å². The number of aromatic nitrogens is 1. The van der Waals surface area contributed by atoms with Gasteiger partial charge in [0, 0.05) is 31.3 Å². The second-order valence-electron chi connectivity index (χ2n) is 7.79. The maximum absolute atomic E-state index is 12.8. The van der Waals surface area contributed by atoms with Gasteiger partial charge >= 0.3 is 0 Å². The molecule has 2 aromatic rings. The first-order valence-corrected chi connectivity index (χ1v) is 10.1. The van der Waals surface area contributed by atoms with Gasteiger partial charge in [-0.3, -0.25) is 14.6 Å². The summed E-state index contributed by atoms with van der Waals surface area (Å²) < 4.78 is 0. The Labute approximate surface area is 167 Å². The number of carbonyl (C=O) groups is 2. The molecule has 0 aliphatic heterocycles. The number of carbonyl (C=O) groups excluding carboxylic acids is 2. The van der Waals surface area contributed by atoms with Gasteiger partial charge in [-0.25, -0.2) is 0 Å². The first-order chi connectivity index (χ1) is 13.6. The SMILES string of the molecule is CC1CCC(C(=O)N[C@H](Cc2ccccc2)C(=O)NCc2cccnc2)CC1. The van der Waals surface area contributed by atoms with Gasteiger partial charge in [-0.05, 0) is 48.8 Å². The number of rotatable bonds is 7. The minimum absolute atomic E-state index is 0.00404. The Balaban J connectivity index is 1.63. The zero-order chi connectivity index (χ0) is 19.8. The summed E-state index contributed by atoms with van der Waals surface area (Å²) in [6.07, 6.45) is 7.88. The lowest BCUT2D eigenvalue weighted by Crippen LogP contribution is -2.49. The topological polar surface area (TPSA) is 71.1 Å². The molecule has 1 aromatic carbocycles. The minimum Gasteiger partial charge on any atom is -0.350 e. The van der Waals surface area contributed by atoms with Crippen LogP contribution in [0.15, 0.2) is 54.9 Å². The largest absolute Gasteiger partial charge is 0.350 e. The van der Waals surface area contributed by atoms with Crippen molar-refractivity contribution in [2.75, 3.05) is 0 Å². The Bertz CT molecular complexity index is 756. The van der Waals surface area contributed by atoms with Crippen molar-refractivity contribution in [2.24, 2.45) is 11.8 Å². The van der Waals surface area contributed by atoms with Gasteiger partial charge in [0.2, 0.25) is 11.8 Å². The van der Waals surface area contributed by atoms with Crippen molar-refractivity contribution >= 4 is 11.8 Å². The van der Waals surface area contributed by atoms with Crippen LogP contribution in [-0.2, 0) is 22.6 Å². The molecule has 0 spiro atoms. The van der Waals surface area contributed by atoms with Crippen LogP contribution in [0, 0.1) is 11.8 Å². The Morgan fingerprint density at radius 1 is 1.04 bits per heavy atom. The molecule has 1 fully saturated rings. The van der Waals surface area contributed by atoms with Crippen LogP contribution in [0.2, 0.25) is 0 Å². The molecule has 0 bridgehead atoms. The number of benzene rings is 1. The Morgan fingerprint density at radius 2 is 1.75 bits per heavy atom. The normalized spacial score (nSPS) is 20.2. The highest BCUT2D eigenvalue weighted by atomic mass is 16.2. The summed E-state index contributed by atoms with van der Waals surface area (Å²) in [6.45, 7) is 2.63. The molecule has 0 radical (unpaired) electrons. The molecule has 2 N–H and O–H groups in total. The third kappa shape index (κ3) is 5.91. The van der Waals surface area contributed by atoms with E-state index in [-0.39, 0.29) is 17.7 Å². The van der Waals surface area contributed by atoms with Gasteiger partial charge in [0.05, 0.1) is 0 Å². The van der Waals surface area contributed by atoms with E-state index in [0.717, 1.165) is 36.8 Å². The maximum atomic E-state index is 12.8. The maximum Gasteiger partial charge on any atom is 0.243 e. The van der Waals surface area contributed by atoms with Crippen molar-refractivity contribution in [2.45, 2.75) is 51.6 Å². The monoisotopic (exact) mass is 379 g/mol. The average molecular weight is 380 g/mol. The van der Waals surface area contributed by atoms with Gasteiger partial charge in [0.25, 0.3) is 0 Å². The van der Waals surface area contributed by atoms with E-state index in [1.807, 2.05) is 42.5 Å². The van der Waals surface area contributed by atoms with Gasteiger partial charge < -0.3 is 10.6 Å². The second-order valence-corrected chi connectivity index (χ2v) is 7.79. The molecule has 0 unspecified atom stereocenters. The Hall–Kier alpha value is -2.69. The van der Waals surface area contributed by atoms with E-state index >= 15 is 0 Å². The first-order valence-electron chi connectivity index (χ1n) is 10.1. The Morgan fingerprint density at radius 3 is 2.43 bits per heavy atom. The van der Waals surface area contributed by atoms with Crippen molar-refractivity contribution in [1.82, 2.24) is 15.6 Å². The molecular formula is C23H29N3O2.